The molecule has 2 N–H and O–H groups in total. The molecule has 2 rings (SSSR count). The van der Waals surface area contributed by atoms with Crippen molar-refractivity contribution in [3.05, 3.63) is 11.9 Å². The highest BCUT2D eigenvalue weighted by Gasteiger charge is 2.26. The van der Waals surface area contributed by atoms with Gasteiger partial charge in [0.1, 0.15) is 18.0 Å². The molecule has 1 unspecified atom stereocenters. The van der Waals surface area contributed by atoms with Crippen molar-refractivity contribution in [3.8, 4) is 0 Å². The predicted octanol–water partition coefficient (Wildman–Crippen LogP) is 1.58. The van der Waals surface area contributed by atoms with Gasteiger partial charge in [-0.3, -0.25) is 4.79 Å². The van der Waals surface area contributed by atoms with Gasteiger partial charge in [-0.25, -0.2) is 9.97 Å². The Morgan fingerprint density at radius 1 is 1.43 bits per heavy atom. The van der Waals surface area contributed by atoms with Gasteiger partial charge in [0, 0.05) is 38.2 Å². The summed E-state index contributed by atoms with van der Waals surface area (Å²) in [4.78, 5) is 22.3. The van der Waals surface area contributed by atoms with Gasteiger partial charge in [-0.2, -0.15) is 0 Å². The second kappa shape index (κ2) is 7.24. The first kappa shape index (κ1) is 15.5. The van der Waals surface area contributed by atoms with Crippen LogP contribution in [0.25, 0.3) is 0 Å². The zero-order chi connectivity index (χ0) is 15.2. The molecule has 6 nitrogen and oxygen atoms in total. The summed E-state index contributed by atoms with van der Waals surface area (Å²) in [7, 11) is 0. The molecule has 2 heterocycles. The first-order chi connectivity index (χ1) is 10.2. The minimum atomic E-state index is 0.0339. The monoisotopic (exact) mass is 291 g/mol. The van der Waals surface area contributed by atoms with E-state index in [1.165, 1.54) is 5.56 Å². The summed E-state index contributed by atoms with van der Waals surface area (Å²) < 4.78 is 0. The standard InChI is InChI=1S/C15H25N5O/c1-4-6-13-14(16-5-2)17-10-18-15(13)20-8-7-12(9-20)19-11(3)21/h10,12H,4-9H2,1-3H3,(H,19,21)(H,16,17,18). The summed E-state index contributed by atoms with van der Waals surface area (Å²) in [5.41, 5.74) is 1.19. The first-order valence-electron chi connectivity index (χ1n) is 7.75. The Kier molecular flexibility index (Phi) is 5.36. The van der Waals surface area contributed by atoms with Crippen molar-refractivity contribution in [2.45, 2.75) is 46.1 Å². The van der Waals surface area contributed by atoms with Crippen molar-refractivity contribution in [1.82, 2.24) is 15.3 Å². The van der Waals surface area contributed by atoms with Crippen molar-refractivity contribution in [3.63, 3.8) is 0 Å². The Balaban J connectivity index is 2.19. The predicted molar refractivity (Wildman–Crippen MR) is 84.6 cm³/mol. The van der Waals surface area contributed by atoms with Crippen molar-refractivity contribution in [2.24, 2.45) is 0 Å². The SMILES string of the molecule is CCCc1c(NCC)ncnc1N1CCC(NC(C)=O)C1. The normalized spacial score (nSPS) is 17.9. The molecule has 1 aliphatic heterocycles. The van der Waals surface area contributed by atoms with Crippen molar-refractivity contribution in [2.75, 3.05) is 29.9 Å². The minimum absolute atomic E-state index is 0.0339. The highest BCUT2D eigenvalue weighted by atomic mass is 16.1. The Bertz CT molecular complexity index is 491. The summed E-state index contributed by atoms with van der Waals surface area (Å²) in [6.07, 6.45) is 4.60. The topological polar surface area (TPSA) is 70.2 Å². The zero-order valence-corrected chi connectivity index (χ0v) is 13.1. The molecule has 1 aromatic rings. The zero-order valence-electron chi connectivity index (χ0n) is 13.1. The maximum absolute atomic E-state index is 11.2. The number of carbonyl (C=O) groups excluding carboxylic acids is 1. The van der Waals surface area contributed by atoms with Crippen molar-refractivity contribution in [1.29, 1.82) is 0 Å². The number of carbonyl (C=O) groups is 1. The molecular weight excluding hydrogens is 266 g/mol. The molecule has 1 fully saturated rings. The Hall–Kier alpha value is -1.85. The van der Waals surface area contributed by atoms with E-state index in [9.17, 15) is 4.79 Å². The van der Waals surface area contributed by atoms with Gasteiger partial charge >= 0.3 is 0 Å². The highest BCUT2D eigenvalue weighted by molar-refractivity contribution is 5.73. The molecule has 0 radical (unpaired) electrons. The fourth-order valence-electron chi connectivity index (χ4n) is 2.83. The van der Waals surface area contributed by atoms with Crippen LogP contribution in [0.5, 0.6) is 0 Å². The lowest BCUT2D eigenvalue weighted by molar-refractivity contribution is -0.119. The van der Waals surface area contributed by atoms with Gasteiger partial charge in [0.15, 0.2) is 0 Å². The maximum Gasteiger partial charge on any atom is 0.217 e. The quantitative estimate of drug-likeness (QED) is 0.832. The molecule has 0 saturated carbocycles. The average molecular weight is 291 g/mol. The van der Waals surface area contributed by atoms with Crippen molar-refractivity contribution < 1.29 is 4.79 Å². The number of hydrogen-bond donors (Lipinski definition) is 2. The molecule has 0 bridgehead atoms. The van der Waals surface area contributed by atoms with Crippen LogP contribution in [0.2, 0.25) is 0 Å². The van der Waals surface area contributed by atoms with Gasteiger partial charge in [0.25, 0.3) is 0 Å². The molecular formula is C15H25N5O. The molecule has 1 amide bonds. The van der Waals surface area contributed by atoms with Gasteiger partial charge in [-0.15, -0.1) is 0 Å². The van der Waals surface area contributed by atoms with Gasteiger partial charge in [0.2, 0.25) is 5.91 Å². The van der Waals surface area contributed by atoms with Crippen LogP contribution in [-0.2, 0) is 11.2 Å². The largest absolute Gasteiger partial charge is 0.370 e. The smallest absolute Gasteiger partial charge is 0.217 e. The molecule has 21 heavy (non-hydrogen) atoms. The van der Waals surface area contributed by atoms with Crippen molar-refractivity contribution >= 4 is 17.5 Å². The van der Waals surface area contributed by atoms with E-state index in [0.717, 1.165) is 50.5 Å². The van der Waals surface area contributed by atoms with E-state index in [-0.39, 0.29) is 11.9 Å². The minimum Gasteiger partial charge on any atom is -0.370 e. The van der Waals surface area contributed by atoms with E-state index in [1.54, 1.807) is 13.3 Å². The summed E-state index contributed by atoms with van der Waals surface area (Å²) in [5, 5.41) is 6.31. The number of amides is 1. The summed E-state index contributed by atoms with van der Waals surface area (Å²) in [6, 6.07) is 0.217. The van der Waals surface area contributed by atoms with E-state index in [4.69, 9.17) is 0 Å². The lowest BCUT2D eigenvalue weighted by Crippen LogP contribution is -2.36. The van der Waals surface area contributed by atoms with E-state index in [1.807, 2.05) is 0 Å². The molecule has 0 spiro atoms. The molecule has 1 aromatic heterocycles. The number of aromatic nitrogens is 2. The molecule has 1 saturated heterocycles. The second-order valence-electron chi connectivity index (χ2n) is 5.44. The fourth-order valence-corrected chi connectivity index (χ4v) is 2.83. The number of nitrogens with one attached hydrogen (secondary N) is 2. The van der Waals surface area contributed by atoms with Crippen LogP contribution in [0, 0.1) is 0 Å². The molecule has 1 atom stereocenters. The second-order valence-corrected chi connectivity index (χ2v) is 5.44. The lowest BCUT2D eigenvalue weighted by atomic mass is 10.1. The Morgan fingerprint density at radius 3 is 2.90 bits per heavy atom. The molecule has 0 aliphatic carbocycles. The number of rotatable bonds is 6. The average Bonchev–Trinajstić information content (AvgIpc) is 2.88. The fraction of sp³-hybridized carbons (Fsp3) is 0.667. The Labute approximate surface area is 126 Å². The van der Waals surface area contributed by atoms with Crippen LogP contribution in [0.15, 0.2) is 6.33 Å². The molecule has 0 aromatic carbocycles. The third-order valence-electron chi connectivity index (χ3n) is 3.66. The van der Waals surface area contributed by atoms with Gasteiger partial charge in [-0.1, -0.05) is 13.3 Å². The van der Waals surface area contributed by atoms with E-state index in [0.29, 0.717) is 0 Å². The van der Waals surface area contributed by atoms with Crippen LogP contribution < -0.4 is 15.5 Å². The molecule has 6 heteroatoms. The molecule has 1 aliphatic rings. The van der Waals surface area contributed by atoms with E-state index >= 15 is 0 Å². The van der Waals surface area contributed by atoms with Crippen LogP contribution >= 0.6 is 0 Å². The van der Waals surface area contributed by atoms with Crippen LogP contribution in [0.4, 0.5) is 11.6 Å². The van der Waals surface area contributed by atoms with Crippen LogP contribution in [-0.4, -0.2) is 41.6 Å². The first-order valence-corrected chi connectivity index (χ1v) is 7.75. The Morgan fingerprint density at radius 2 is 2.24 bits per heavy atom. The number of anilines is 2. The lowest BCUT2D eigenvalue weighted by Gasteiger charge is -2.22. The maximum atomic E-state index is 11.2. The molecule has 116 valence electrons. The van der Waals surface area contributed by atoms with E-state index in [2.05, 4.69) is 39.3 Å². The van der Waals surface area contributed by atoms with E-state index < -0.39 is 0 Å². The van der Waals surface area contributed by atoms with Gasteiger partial charge in [-0.05, 0) is 19.8 Å². The summed E-state index contributed by atoms with van der Waals surface area (Å²) in [6.45, 7) is 8.39. The van der Waals surface area contributed by atoms with Crippen LogP contribution in [0.3, 0.4) is 0 Å². The van der Waals surface area contributed by atoms with Crippen LogP contribution in [0.1, 0.15) is 39.2 Å². The third-order valence-corrected chi connectivity index (χ3v) is 3.66. The number of hydrogen-bond acceptors (Lipinski definition) is 5. The number of nitrogens with zero attached hydrogens (tertiary/aromatic N) is 3. The third kappa shape index (κ3) is 3.83. The van der Waals surface area contributed by atoms with Gasteiger partial charge in [0.05, 0.1) is 0 Å². The van der Waals surface area contributed by atoms with Gasteiger partial charge < -0.3 is 15.5 Å². The summed E-state index contributed by atoms with van der Waals surface area (Å²) >= 11 is 0. The highest BCUT2D eigenvalue weighted by Crippen LogP contribution is 2.27. The summed E-state index contributed by atoms with van der Waals surface area (Å²) in [5.74, 6) is 1.98.